The Balaban J connectivity index is 2.00. The van der Waals surface area contributed by atoms with E-state index >= 15 is 0 Å². The molecule has 0 amide bonds. The van der Waals surface area contributed by atoms with E-state index < -0.39 is 0 Å². The van der Waals surface area contributed by atoms with Gasteiger partial charge in [-0.15, -0.1) is 0 Å². The summed E-state index contributed by atoms with van der Waals surface area (Å²) in [5, 5.41) is 0. The number of hydrogen-bond acceptors (Lipinski definition) is 1. The molecule has 1 heterocycles. The molecule has 0 radical (unpaired) electrons. The molecule has 74 valence electrons. The molecule has 0 spiro atoms. The average Bonchev–Trinajstić information content (AvgIpc) is 2.60. The molecule has 0 nitrogen and oxygen atoms in total. The fourth-order valence-electron chi connectivity index (χ4n) is 2.54. The summed E-state index contributed by atoms with van der Waals surface area (Å²) in [5.74, 6) is 1.34. The summed E-state index contributed by atoms with van der Waals surface area (Å²) in [6.07, 6.45) is 5.34. The first-order valence-electron chi connectivity index (χ1n) is 5.54. The van der Waals surface area contributed by atoms with Crippen LogP contribution in [0.3, 0.4) is 0 Å². The highest BCUT2D eigenvalue weighted by Gasteiger charge is 2.34. The van der Waals surface area contributed by atoms with Gasteiger partial charge in [0, 0.05) is 4.75 Å². The maximum Gasteiger partial charge on any atom is 0.0388 e. The van der Waals surface area contributed by atoms with Crippen molar-refractivity contribution in [2.24, 2.45) is 0 Å². The normalized spacial score (nSPS) is 29.8. The van der Waals surface area contributed by atoms with E-state index in [2.05, 4.69) is 36.9 Å². The maximum atomic E-state index is 2.47. The van der Waals surface area contributed by atoms with Gasteiger partial charge in [-0.25, -0.2) is 0 Å². The van der Waals surface area contributed by atoms with Crippen molar-refractivity contribution in [1.29, 1.82) is 0 Å². The second-order valence-corrected chi connectivity index (χ2v) is 6.26. The van der Waals surface area contributed by atoms with Crippen molar-refractivity contribution in [3.05, 3.63) is 34.9 Å². The summed E-state index contributed by atoms with van der Waals surface area (Å²) >= 11 is 2.11. The van der Waals surface area contributed by atoms with Gasteiger partial charge in [0.15, 0.2) is 0 Å². The number of hydrogen-bond donors (Lipinski definition) is 0. The van der Waals surface area contributed by atoms with Crippen LogP contribution in [0, 0.1) is 0 Å². The van der Waals surface area contributed by atoms with Crippen LogP contribution < -0.4 is 0 Å². The molecule has 1 aromatic rings. The predicted octanol–water partition coefficient (Wildman–Crippen LogP) is 3.53. The van der Waals surface area contributed by atoms with Gasteiger partial charge < -0.3 is 0 Å². The van der Waals surface area contributed by atoms with Crippen molar-refractivity contribution in [1.82, 2.24) is 0 Å². The Morgan fingerprint density at radius 2 is 2.00 bits per heavy atom. The SMILES string of the molecule is CC1(c2ccc3c(c2)CCC3)CCS1. The van der Waals surface area contributed by atoms with Crippen LogP contribution in [0.5, 0.6) is 0 Å². The van der Waals surface area contributed by atoms with Crippen molar-refractivity contribution in [2.45, 2.75) is 37.4 Å². The van der Waals surface area contributed by atoms with E-state index in [1.807, 2.05) is 0 Å². The molecule has 2 aliphatic rings. The first-order chi connectivity index (χ1) is 6.78. The van der Waals surface area contributed by atoms with Crippen molar-refractivity contribution < 1.29 is 0 Å². The quantitative estimate of drug-likeness (QED) is 0.674. The third-order valence-corrected chi connectivity index (χ3v) is 5.19. The topological polar surface area (TPSA) is 0 Å². The van der Waals surface area contributed by atoms with Gasteiger partial charge in [-0.1, -0.05) is 18.2 Å². The molecule has 14 heavy (non-hydrogen) atoms. The van der Waals surface area contributed by atoms with Gasteiger partial charge in [-0.05, 0) is 55.1 Å². The monoisotopic (exact) mass is 204 g/mol. The van der Waals surface area contributed by atoms with Crippen LogP contribution in [0.1, 0.15) is 36.5 Å². The standard InChI is InChI=1S/C13H16S/c1-13(7-8-14-13)12-6-5-10-3-2-4-11(10)9-12/h5-6,9H,2-4,7-8H2,1H3. The molecule has 1 aliphatic carbocycles. The fraction of sp³-hybridized carbons (Fsp3) is 0.538. The van der Waals surface area contributed by atoms with Crippen LogP contribution in [0.4, 0.5) is 0 Å². The summed E-state index contributed by atoms with van der Waals surface area (Å²) in [6.45, 7) is 2.39. The highest BCUT2D eigenvalue weighted by atomic mass is 32.2. The summed E-state index contributed by atoms with van der Waals surface area (Å²) in [7, 11) is 0. The van der Waals surface area contributed by atoms with Crippen LogP contribution in [-0.4, -0.2) is 5.75 Å². The molecular weight excluding hydrogens is 188 g/mol. The van der Waals surface area contributed by atoms with Crippen LogP contribution in [0.25, 0.3) is 0 Å². The van der Waals surface area contributed by atoms with E-state index in [1.165, 1.54) is 31.4 Å². The van der Waals surface area contributed by atoms with Gasteiger partial charge in [0.1, 0.15) is 0 Å². The van der Waals surface area contributed by atoms with Crippen LogP contribution in [0.15, 0.2) is 18.2 Å². The van der Waals surface area contributed by atoms with E-state index in [4.69, 9.17) is 0 Å². The van der Waals surface area contributed by atoms with Gasteiger partial charge in [-0.2, -0.15) is 11.8 Å². The minimum atomic E-state index is 0.442. The van der Waals surface area contributed by atoms with Crippen molar-refractivity contribution in [3.8, 4) is 0 Å². The molecular formula is C13H16S. The first kappa shape index (κ1) is 8.84. The zero-order chi connectivity index (χ0) is 9.60. The van der Waals surface area contributed by atoms with Crippen LogP contribution in [0.2, 0.25) is 0 Å². The predicted molar refractivity (Wildman–Crippen MR) is 62.9 cm³/mol. The zero-order valence-corrected chi connectivity index (χ0v) is 9.49. The maximum absolute atomic E-state index is 2.47. The Bertz CT molecular complexity index is 363. The van der Waals surface area contributed by atoms with E-state index in [-0.39, 0.29) is 0 Å². The van der Waals surface area contributed by atoms with Crippen LogP contribution in [-0.2, 0) is 17.6 Å². The summed E-state index contributed by atoms with van der Waals surface area (Å²) in [4.78, 5) is 0. The number of fused-ring (bicyclic) bond motifs is 1. The molecule has 1 atom stereocenters. The van der Waals surface area contributed by atoms with Gasteiger partial charge in [0.25, 0.3) is 0 Å². The molecule has 1 heteroatoms. The number of benzene rings is 1. The van der Waals surface area contributed by atoms with E-state index in [0.29, 0.717) is 4.75 Å². The van der Waals surface area contributed by atoms with Gasteiger partial charge in [0.05, 0.1) is 0 Å². The lowest BCUT2D eigenvalue weighted by Gasteiger charge is -2.38. The van der Waals surface area contributed by atoms with Gasteiger partial charge in [0.2, 0.25) is 0 Å². The molecule has 0 saturated carbocycles. The number of thioether (sulfide) groups is 1. The van der Waals surface area contributed by atoms with Gasteiger partial charge >= 0.3 is 0 Å². The van der Waals surface area contributed by atoms with Crippen LogP contribution >= 0.6 is 11.8 Å². The third-order valence-electron chi connectivity index (χ3n) is 3.71. The second kappa shape index (κ2) is 3.03. The lowest BCUT2D eigenvalue weighted by Crippen LogP contribution is -2.27. The lowest BCUT2D eigenvalue weighted by atomic mass is 9.93. The van der Waals surface area contributed by atoms with Crippen molar-refractivity contribution >= 4 is 11.8 Å². The molecule has 0 bridgehead atoms. The Morgan fingerprint density at radius 1 is 1.21 bits per heavy atom. The Kier molecular flexibility index (Phi) is 1.91. The number of aryl methyl sites for hydroxylation is 2. The molecule has 1 fully saturated rings. The lowest BCUT2D eigenvalue weighted by molar-refractivity contribution is 0.625. The Hall–Kier alpha value is -0.430. The fourth-order valence-corrected chi connectivity index (χ4v) is 3.65. The molecule has 0 aromatic heterocycles. The van der Waals surface area contributed by atoms with E-state index in [0.717, 1.165) is 0 Å². The van der Waals surface area contributed by atoms with Crippen molar-refractivity contribution in [3.63, 3.8) is 0 Å². The summed E-state index contributed by atoms with van der Waals surface area (Å²) in [5.41, 5.74) is 4.78. The molecule has 1 aromatic carbocycles. The third kappa shape index (κ3) is 1.22. The molecule has 1 aliphatic heterocycles. The van der Waals surface area contributed by atoms with Gasteiger partial charge in [-0.3, -0.25) is 0 Å². The Labute approximate surface area is 90.1 Å². The highest BCUT2D eigenvalue weighted by molar-refractivity contribution is 8.01. The largest absolute Gasteiger partial charge is 0.151 e. The second-order valence-electron chi connectivity index (χ2n) is 4.67. The summed E-state index contributed by atoms with van der Waals surface area (Å²) in [6, 6.07) is 7.19. The average molecular weight is 204 g/mol. The van der Waals surface area contributed by atoms with E-state index in [1.54, 1.807) is 16.7 Å². The van der Waals surface area contributed by atoms with Crippen molar-refractivity contribution in [2.75, 3.05) is 5.75 Å². The van der Waals surface area contributed by atoms with E-state index in [9.17, 15) is 0 Å². The first-order valence-corrected chi connectivity index (χ1v) is 6.53. The minimum absolute atomic E-state index is 0.442. The minimum Gasteiger partial charge on any atom is -0.151 e. The molecule has 3 rings (SSSR count). The number of rotatable bonds is 1. The highest BCUT2D eigenvalue weighted by Crippen LogP contribution is 2.49. The molecule has 1 unspecified atom stereocenters. The summed E-state index contributed by atoms with van der Waals surface area (Å²) < 4.78 is 0.442. The molecule has 1 saturated heterocycles. The smallest absolute Gasteiger partial charge is 0.0388 e. The zero-order valence-electron chi connectivity index (χ0n) is 8.68. The Morgan fingerprint density at radius 3 is 2.71 bits per heavy atom. The molecule has 0 N–H and O–H groups in total.